The Hall–Kier alpha value is -0.116. The average molecular weight is 269 g/mol. The van der Waals surface area contributed by atoms with Gasteiger partial charge in [-0.3, -0.25) is 0 Å². The van der Waals surface area contributed by atoms with Gasteiger partial charge < -0.3 is 15.2 Å². The molecular formula is C10H14NO2Y-. The summed E-state index contributed by atoms with van der Waals surface area (Å²) in [6.45, 7) is 2.14. The Bertz CT molecular complexity index is 277. The van der Waals surface area contributed by atoms with Gasteiger partial charge in [0.1, 0.15) is 11.5 Å². The van der Waals surface area contributed by atoms with Crippen LogP contribution < -0.4 is 9.47 Å². The largest absolute Gasteiger partial charge is 0.673 e. The first-order valence-electron chi connectivity index (χ1n) is 4.09. The average Bonchev–Trinajstić information content (AvgIpc) is 2.16. The van der Waals surface area contributed by atoms with Crippen LogP contribution >= 0.6 is 0 Å². The number of nitrogens with one attached hydrogen (secondary N) is 1. The predicted octanol–water partition coefficient (Wildman–Crippen LogP) is 2.56. The molecule has 0 aliphatic rings. The van der Waals surface area contributed by atoms with Crippen molar-refractivity contribution in [2.75, 3.05) is 14.2 Å². The van der Waals surface area contributed by atoms with Crippen LogP contribution in [0.1, 0.15) is 11.1 Å². The Morgan fingerprint density at radius 1 is 1.14 bits per heavy atom. The van der Waals surface area contributed by atoms with Crippen LogP contribution in [0.15, 0.2) is 12.1 Å². The minimum absolute atomic E-state index is 0. The van der Waals surface area contributed by atoms with E-state index in [4.69, 9.17) is 15.2 Å². The first-order valence-corrected chi connectivity index (χ1v) is 4.09. The van der Waals surface area contributed by atoms with E-state index in [2.05, 4.69) is 0 Å². The van der Waals surface area contributed by atoms with Crippen molar-refractivity contribution in [2.24, 2.45) is 0 Å². The second-order valence-corrected chi connectivity index (χ2v) is 2.82. The summed E-state index contributed by atoms with van der Waals surface area (Å²) in [4.78, 5) is 0. The molecule has 4 heteroatoms. The van der Waals surface area contributed by atoms with E-state index in [1.54, 1.807) is 14.2 Å². The van der Waals surface area contributed by atoms with Crippen LogP contribution in [0.2, 0.25) is 0 Å². The van der Waals surface area contributed by atoms with Crippen molar-refractivity contribution in [1.82, 2.24) is 0 Å². The normalized spacial score (nSPS) is 9.14. The van der Waals surface area contributed by atoms with E-state index in [1.807, 2.05) is 19.1 Å². The smallest absolute Gasteiger partial charge is 0.124 e. The van der Waals surface area contributed by atoms with E-state index in [0.29, 0.717) is 0 Å². The van der Waals surface area contributed by atoms with Gasteiger partial charge in [0.05, 0.1) is 14.2 Å². The predicted molar refractivity (Wildman–Crippen MR) is 52.3 cm³/mol. The van der Waals surface area contributed by atoms with Crippen LogP contribution in [0.3, 0.4) is 0 Å². The molecule has 75 valence electrons. The minimum atomic E-state index is 0. The van der Waals surface area contributed by atoms with E-state index in [1.165, 1.54) is 0 Å². The SMILES string of the molecule is COc1cc(C)cc(OC)c1C[NH-].[Y]. The number of methoxy groups -OCH3 is 2. The van der Waals surface area contributed by atoms with Crippen LogP contribution in [0.5, 0.6) is 11.5 Å². The first-order chi connectivity index (χ1) is 6.22. The molecule has 1 rings (SSSR count). The second-order valence-electron chi connectivity index (χ2n) is 2.82. The maximum absolute atomic E-state index is 7.34. The summed E-state index contributed by atoms with van der Waals surface area (Å²) in [6, 6.07) is 3.82. The monoisotopic (exact) mass is 269 g/mol. The first kappa shape index (κ1) is 13.9. The molecule has 0 heterocycles. The molecule has 1 radical (unpaired) electrons. The Kier molecular flexibility index (Phi) is 6.33. The van der Waals surface area contributed by atoms with Crippen LogP contribution in [0.4, 0.5) is 0 Å². The molecule has 0 saturated heterocycles. The topological polar surface area (TPSA) is 42.3 Å². The van der Waals surface area contributed by atoms with Gasteiger partial charge >= 0.3 is 0 Å². The third-order valence-electron chi connectivity index (χ3n) is 1.93. The number of hydrogen-bond donors (Lipinski definition) is 0. The Morgan fingerprint density at radius 3 is 1.86 bits per heavy atom. The number of ether oxygens (including phenoxy) is 2. The Balaban J connectivity index is 0.00000169. The zero-order valence-corrected chi connectivity index (χ0v) is 11.6. The maximum atomic E-state index is 7.34. The van der Waals surface area contributed by atoms with Crippen LogP contribution in [0.25, 0.3) is 5.73 Å². The molecule has 0 aliphatic carbocycles. The van der Waals surface area contributed by atoms with E-state index in [0.717, 1.165) is 22.6 Å². The molecule has 1 aromatic rings. The fourth-order valence-electron chi connectivity index (χ4n) is 1.29. The zero-order chi connectivity index (χ0) is 9.84. The van der Waals surface area contributed by atoms with Gasteiger partial charge in [-0.1, -0.05) is 0 Å². The van der Waals surface area contributed by atoms with Gasteiger partial charge in [0, 0.05) is 38.3 Å². The molecule has 14 heavy (non-hydrogen) atoms. The fraction of sp³-hybridized carbons (Fsp3) is 0.400. The standard InChI is InChI=1S/C10H14NO2.Y/c1-7-4-9(12-2)8(6-11)10(5-7)13-3;/h4-5,11H,6H2,1-3H3;/q-1;. The van der Waals surface area contributed by atoms with Gasteiger partial charge in [0.25, 0.3) is 0 Å². The van der Waals surface area contributed by atoms with E-state index in [-0.39, 0.29) is 39.3 Å². The van der Waals surface area contributed by atoms with Crippen molar-refractivity contribution in [3.8, 4) is 11.5 Å². The number of aryl methyl sites for hydroxylation is 1. The van der Waals surface area contributed by atoms with Gasteiger partial charge in [-0.05, 0) is 24.6 Å². The van der Waals surface area contributed by atoms with Crippen molar-refractivity contribution in [1.29, 1.82) is 0 Å². The molecule has 3 nitrogen and oxygen atoms in total. The molecule has 0 fully saturated rings. The molecule has 0 bridgehead atoms. The molecular weight excluding hydrogens is 255 g/mol. The molecule has 0 aromatic heterocycles. The number of benzene rings is 1. The summed E-state index contributed by atoms with van der Waals surface area (Å²) < 4.78 is 10.3. The maximum Gasteiger partial charge on any atom is 0.124 e. The third-order valence-corrected chi connectivity index (χ3v) is 1.93. The second kappa shape index (κ2) is 6.38. The van der Waals surface area contributed by atoms with Crippen LogP contribution in [-0.2, 0) is 39.3 Å². The van der Waals surface area contributed by atoms with E-state index in [9.17, 15) is 0 Å². The van der Waals surface area contributed by atoms with Gasteiger partial charge in [0.15, 0.2) is 0 Å². The molecule has 1 N–H and O–H groups in total. The van der Waals surface area contributed by atoms with Crippen LogP contribution in [0, 0.1) is 6.92 Å². The van der Waals surface area contributed by atoms with Gasteiger partial charge in [0.2, 0.25) is 0 Å². The van der Waals surface area contributed by atoms with Crippen molar-refractivity contribution in [2.45, 2.75) is 13.5 Å². The van der Waals surface area contributed by atoms with Gasteiger partial charge in [-0.25, -0.2) is 0 Å². The quantitative estimate of drug-likeness (QED) is 0.846. The van der Waals surface area contributed by atoms with Crippen molar-refractivity contribution >= 4 is 0 Å². The van der Waals surface area contributed by atoms with Crippen LogP contribution in [-0.4, -0.2) is 14.2 Å². The summed E-state index contributed by atoms with van der Waals surface area (Å²) in [5.41, 5.74) is 9.22. The Labute approximate surface area is 110 Å². The molecule has 0 saturated carbocycles. The molecule has 0 atom stereocenters. The zero-order valence-electron chi connectivity index (χ0n) is 8.76. The summed E-state index contributed by atoms with van der Waals surface area (Å²) in [5, 5.41) is 0. The molecule has 0 unspecified atom stereocenters. The summed E-state index contributed by atoms with van der Waals surface area (Å²) in [5.74, 6) is 1.46. The van der Waals surface area contributed by atoms with Crippen molar-refractivity contribution < 1.29 is 42.2 Å². The molecule has 0 amide bonds. The van der Waals surface area contributed by atoms with Gasteiger partial charge in [-0.15, -0.1) is 6.54 Å². The number of rotatable bonds is 3. The molecule has 1 aromatic carbocycles. The Morgan fingerprint density at radius 2 is 1.57 bits per heavy atom. The fourth-order valence-corrected chi connectivity index (χ4v) is 1.29. The molecule has 0 aliphatic heterocycles. The van der Waals surface area contributed by atoms with Gasteiger partial charge in [-0.2, -0.15) is 0 Å². The third kappa shape index (κ3) is 2.94. The van der Waals surface area contributed by atoms with Crippen molar-refractivity contribution in [3.63, 3.8) is 0 Å². The summed E-state index contributed by atoms with van der Waals surface area (Å²) >= 11 is 0. The minimum Gasteiger partial charge on any atom is -0.673 e. The number of hydrogen-bond acceptors (Lipinski definition) is 2. The van der Waals surface area contributed by atoms with E-state index < -0.39 is 0 Å². The van der Waals surface area contributed by atoms with E-state index >= 15 is 0 Å². The summed E-state index contributed by atoms with van der Waals surface area (Å²) in [7, 11) is 3.21. The molecule has 0 spiro atoms. The van der Waals surface area contributed by atoms with Crippen molar-refractivity contribution in [3.05, 3.63) is 29.0 Å². The summed E-state index contributed by atoms with van der Waals surface area (Å²) in [6.07, 6.45) is 0.